The van der Waals surface area contributed by atoms with Gasteiger partial charge in [0.1, 0.15) is 0 Å². The van der Waals surface area contributed by atoms with Gasteiger partial charge in [-0.25, -0.2) is 4.79 Å². The molecule has 0 unspecified atom stereocenters. The highest BCUT2D eigenvalue weighted by atomic mass is 16.6. The molecule has 0 radical (unpaired) electrons. The van der Waals surface area contributed by atoms with Crippen LogP contribution < -0.4 is 0 Å². The van der Waals surface area contributed by atoms with Crippen LogP contribution in [0.15, 0.2) is 35.8 Å². The summed E-state index contributed by atoms with van der Waals surface area (Å²) in [5.74, 6) is -0.409. The number of ether oxygens (including phenoxy) is 1. The molecule has 22 heavy (non-hydrogen) atoms. The van der Waals surface area contributed by atoms with E-state index in [1.807, 2.05) is 0 Å². The van der Waals surface area contributed by atoms with E-state index in [9.17, 15) is 9.90 Å². The van der Waals surface area contributed by atoms with Crippen LogP contribution in [-0.4, -0.2) is 11.1 Å². The average Bonchev–Trinajstić information content (AvgIpc) is 2.74. The minimum Gasteiger partial charge on any atom is -0.504 e. The third-order valence-electron chi connectivity index (χ3n) is 3.95. The fourth-order valence-electron chi connectivity index (χ4n) is 2.55. The molecule has 1 N–H and O–H groups in total. The predicted molar refractivity (Wildman–Crippen MR) is 90.5 cm³/mol. The highest BCUT2D eigenvalue weighted by molar-refractivity contribution is 5.93. The van der Waals surface area contributed by atoms with Gasteiger partial charge >= 0.3 is 5.97 Å². The fourth-order valence-corrected chi connectivity index (χ4v) is 2.55. The number of hydrogen-bond acceptors (Lipinski definition) is 3. The highest BCUT2D eigenvalue weighted by Gasteiger charge is 2.27. The minimum absolute atomic E-state index is 0.0593. The van der Waals surface area contributed by atoms with Crippen LogP contribution in [0.4, 0.5) is 0 Å². The van der Waals surface area contributed by atoms with Crippen LogP contribution in [0.1, 0.15) is 77.6 Å². The number of carbonyl (C=O) groups excluding carboxylic acids is 1. The van der Waals surface area contributed by atoms with Crippen molar-refractivity contribution in [3.63, 3.8) is 0 Å². The Hall–Kier alpha value is -1.51. The number of unbranched alkanes of at least 4 members (excludes halogenated alkanes) is 8. The Morgan fingerprint density at radius 2 is 1.59 bits per heavy atom. The Kier molecular flexibility index (Phi) is 9.36. The first-order chi connectivity index (χ1) is 10.7. The maximum atomic E-state index is 11.4. The molecule has 0 aromatic heterocycles. The second kappa shape index (κ2) is 11.1. The first-order valence-electron chi connectivity index (χ1n) is 8.65. The van der Waals surface area contributed by atoms with Crippen molar-refractivity contribution in [1.82, 2.24) is 0 Å². The van der Waals surface area contributed by atoms with E-state index in [-0.39, 0.29) is 11.5 Å². The van der Waals surface area contributed by atoms with Gasteiger partial charge in [-0.1, -0.05) is 57.8 Å². The number of esters is 1. The van der Waals surface area contributed by atoms with Gasteiger partial charge in [-0.05, 0) is 38.5 Å². The molecule has 3 nitrogen and oxygen atoms in total. The monoisotopic (exact) mass is 306 g/mol. The second-order valence-corrected chi connectivity index (χ2v) is 5.91. The first kappa shape index (κ1) is 18.5. The second-order valence-electron chi connectivity index (χ2n) is 5.91. The van der Waals surface area contributed by atoms with Gasteiger partial charge in [-0.2, -0.15) is 0 Å². The van der Waals surface area contributed by atoms with Crippen LogP contribution in [0, 0.1) is 0 Å². The lowest BCUT2D eigenvalue weighted by Gasteiger charge is -2.00. The molecule has 0 atom stereocenters. The average molecular weight is 306 g/mol. The number of allylic oxidation sites excluding steroid dienone is 2. The summed E-state index contributed by atoms with van der Waals surface area (Å²) in [5, 5.41) is 9.63. The Morgan fingerprint density at radius 1 is 1.00 bits per heavy atom. The molecule has 3 heteroatoms. The molecular formula is C19H30O3. The molecule has 1 heterocycles. The molecule has 0 aliphatic carbocycles. The molecule has 0 saturated heterocycles. The number of rotatable bonds is 12. The lowest BCUT2D eigenvalue weighted by atomic mass is 10.0. The standard InChI is InChI=1S/C19H30O3/c1-3-4-5-6-7-8-9-10-11-12-13-14-15-17-18(20)16(2)22-19(17)21/h8-9,20H,2-7,10-15H2,1H3. The van der Waals surface area contributed by atoms with E-state index < -0.39 is 5.97 Å². The minimum atomic E-state index is -0.437. The molecule has 1 rings (SSSR count). The van der Waals surface area contributed by atoms with Crippen molar-refractivity contribution in [3.8, 4) is 0 Å². The van der Waals surface area contributed by atoms with Gasteiger partial charge in [0.25, 0.3) is 0 Å². The fraction of sp³-hybridized carbons (Fsp3) is 0.632. The molecule has 1 aliphatic rings. The van der Waals surface area contributed by atoms with E-state index in [1.54, 1.807) is 0 Å². The number of aliphatic hydroxyl groups excluding tert-OH is 1. The van der Waals surface area contributed by atoms with Gasteiger partial charge in [0.2, 0.25) is 0 Å². The molecular weight excluding hydrogens is 276 g/mol. The van der Waals surface area contributed by atoms with E-state index in [4.69, 9.17) is 4.74 Å². The summed E-state index contributed by atoms with van der Waals surface area (Å²) in [6, 6.07) is 0. The summed E-state index contributed by atoms with van der Waals surface area (Å²) in [6.07, 6.45) is 17.1. The van der Waals surface area contributed by atoms with Crippen LogP contribution >= 0.6 is 0 Å². The zero-order valence-corrected chi connectivity index (χ0v) is 13.9. The predicted octanol–water partition coefficient (Wildman–Crippen LogP) is 5.74. The van der Waals surface area contributed by atoms with Crippen LogP contribution in [0.2, 0.25) is 0 Å². The molecule has 0 fully saturated rings. The third-order valence-corrected chi connectivity index (χ3v) is 3.95. The van der Waals surface area contributed by atoms with E-state index >= 15 is 0 Å². The van der Waals surface area contributed by atoms with Gasteiger partial charge in [0.15, 0.2) is 11.5 Å². The summed E-state index contributed by atoms with van der Waals surface area (Å²) >= 11 is 0. The van der Waals surface area contributed by atoms with E-state index in [1.165, 1.54) is 38.5 Å². The normalized spacial score (nSPS) is 15.1. The lowest BCUT2D eigenvalue weighted by Crippen LogP contribution is -1.99. The van der Waals surface area contributed by atoms with Crippen LogP contribution in [0.5, 0.6) is 0 Å². The van der Waals surface area contributed by atoms with Crippen molar-refractivity contribution in [1.29, 1.82) is 0 Å². The zero-order valence-electron chi connectivity index (χ0n) is 13.9. The van der Waals surface area contributed by atoms with Crippen LogP contribution in [0.3, 0.4) is 0 Å². The molecule has 0 aromatic carbocycles. The maximum absolute atomic E-state index is 11.4. The number of cyclic esters (lactones) is 1. The topological polar surface area (TPSA) is 46.5 Å². The Labute approximate surface area is 134 Å². The Morgan fingerprint density at radius 3 is 2.14 bits per heavy atom. The summed E-state index contributed by atoms with van der Waals surface area (Å²) in [4.78, 5) is 11.4. The summed E-state index contributed by atoms with van der Waals surface area (Å²) in [7, 11) is 0. The Balaban J connectivity index is 1.97. The van der Waals surface area contributed by atoms with E-state index in [0.29, 0.717) is 12.0 Å². The van der Waals surface area contributed by atoms with Crippen molar-refractivity contribution in [3.05, 3.63) is 35.8 Å². The zero-order chi connectivity index (χ0) is 16.2. The van der Waals surface area contributed by atoms with Crippen molar-refractivity contribution < 1.29 is 14.6 Å². The molecule has 0 saturated carbocycles. The van der Waals surface area contributed by atoms with E-state index in [2.05, 4.69) is 25.7 Å². The maximum Gasteiger partial charge on any atom is 0.343 e. The van der Waals surface area contributed by atoms with Gasteiger partial charge in [-0.15, -0.1) is 0 Å². The molecule has 0 amide bonds. The smallest absolute Gasteiger partial charge is 0.343 e. The quantitative estimate of drug-likeness (QED) is 0.284. The number of hydrogen-bond donors (Lipinski definition) is 1. The highest BCUT2D eigenvalue weighted by Crippen LogP contribution is 2.26. The Bertz CT molecular complexity index is 418. The SMILES string of the molecule is C=C1OC(=O)C(CCCCCCC=CCCCCCC)=C1O. The van der Waals surface area contributed by atoms with Crippen molar-refractivity contribution in [2.75, 3.05) is 0 Å². The molecule has 0 bridgehead atoms. The van der Waals surface area contributed by atoms with Gasteiger partial charge < -0.3 is 9.84 Å². The van der Waals surface area contributed by atoms with E-state index in [0.717, 1.165) is 25.7 Å². The summed E-state index contributed by atoms with van der Waals surface area (Å²) in [6.45, 7) is 5.72. The molecule has 1 aliphatic heterocycles. The molecule has 124 valence electrons. The summed E-state index contributed by atoms with van der Waals surface area (Å²) in [5.41, 5.74) is 0.386. The number of carbonyl (C=O) groups is 1. The van der Waals surface area contributed by atoms with Crippen molar-refractivity contribution >= 4 is 5.97 Å². The third kappa shape index (κ3) is 6.97. The lowest BCUT2D eigenvalue weighted by molar-refractivity contribution is -0.133. The van der Waals surface area contributed by atoms with Gasteiger partial charge in [-0.3, -0.25) is 0 Å². The van der Waals surface area contributed by atoms with Crippen molar-refractivity contribution in [2.24, 2.45) is 0 Å². The molecule has 0 spiro atoms. The van der Waals surface area contributed by atoms with Gasteiger partial charge in [0, 0.05) is 0 Å². The first-order valence-corrected chi connectivity index (χ1v) is 8.65. The molecule has 0 aromatic rings. The van der Waals surface area contributed by atoms with Crippen LogP contribution in [0.25, 0.3) is 0 Å². The van der Waals surface area contributed by atoms with Gasteiger partial charge in [0.05, 0.1) is 5.57 Å². The van der Waals surface area contributed by atoms with Crippen molar-refractivity contribution in [2.45, 2.75) is 77.6 Å². The van der Waals surface area contributed by atoms with Crippen LogP contribution in [-0.2, 0) is 9.53 Å². The number of aliphatic hydroxyl groups is 1. The summed E-state index contributed by atoms with van der Waals surface area (Å²) < 4.78 is 4.78. The largest absolute Gasteiger partial charge is 0.504 e.